The molecule has 2 aromatic carbocycles. The van der Waals surface area contributed by atoms with Crippen molar-refractivity contribution in [1.82, 2.24) is 0 Å². The van der Waals surface area contributed by atoms with E-state index in [0.717, 1.165) is 13.1 Å². The lowest BCUT2D eigenvalue weighted by molar-refractivity contribution is -0.658. The summed E-state index contributed by atoms with van der Waals surface area (Å²) < 4.78 is 0. The normalized spacial score (nSPS) is 14.0. The highest BCUT2D eigenvalue weighted by Gasteiger charge is 2.10. The van der Waals surface area contributed by atoms with Crippen LogP contribution in [0.1, 0.15) is 36.8 Å². The van der Waals surface area contributed by atoms with Crippen molar-refractivity contribution in [2.75, 3.05) is 13.1 Å². The average Bonchev–Trinajstić information content (AvgIpc) is 2.49. The minimum Gasteiger partial charge on any atom is -0.345 e. The molecule has 2 atom stereocenters. The van der Waals surface area contributed by atoms with Crippen molar-refractivity contribution in [3.63, 3.8) is 0 Å². The van der Waals surface area contributed by atoms with Gasteiger partial charge >= 0.3 is 0 Å². The molecule has 19 heavy (non-hydrogen) atoms. The molecule has 2 rings (SSSR count). The Morgan fingerprint density at radius 2 is 1.05 bits per heavy atom. The average molecular weight is 254 g/mol. The summed E-state index contributed by atoms with van der Waals surface area (Å²) in [5.74, 6) is 1.23. The van der Waals surface area contributed by atoms with Crippen LogP contribution in [0.25, 0.3) is 0 Å². The molecule has 1 nitrogen and oxygen atoms in total. The molecule has 0 heterocycles. The van der Waals surface area contributed by atoms with E-state index in [1.165, 1.54) is 11.1 Å². The second-order valence-corrected chi connectivity index (χ2v) is 5.38. The Labute approximate surface area is 116 Å². The third-order valence-corrected chi connectivity index (χ3v) is 3.78. The highest BCUT2D eigenvalue weighted by atomic mass is 14.9. The lowest BCUT2D eigenvalue weighted by Gasteiger charge is -2.14. The minimum atomic E-state index is 0.615. The van der Waals surface area contributed by atoms with Crippen molar-refractivity contribution in [3.8, 4) is 0 Å². The number of hydrogen-bond donors (Lipinski definition) is 1. The van der Waals surface area contributed by atoms with Crippen LogP contribution >= 0.6 is 0 Å². The molecule has 0 aliphatic rings. The smallest absolute Gasteiger partial charge is 0.0822 e. The molecule has 0 unspecified atom stereocenters. The maximum absolute atomic E-state index is 2.44. The van der Waals surface area contributed by atoms with Crippen LogP contribution in [0.5, 0.6) is 0 Å². The first-order valence-corrected chi connectivity index (χ1v) is 7.19. The van der Waals surface area contributed by atoms with Crippen LogP contribution in [0.3, 0.4) is 0 Å². The van der Waals surface area contributed by atoms with Crippen LogP contribution in [0, 0.1) is 0 Å². The highest BCUT2D eigenvalue weighted by Crippen LogP contribution is 2.13. The molecule has 0 spiro atoms. The van der Waals surface area contributed by atoms with Crippen molar-refractivity contribution < 1.29 is 5.32 Å². The lowest BCUT2D eigenvalue weighted by atomic mass is 9.99. The van der Waals surface area contributed by atoms with Gasteiger partial charge in [0.2, 0.25) is 0 Å². The van der Waals surface area contributed by atoms with Crippen LogP contribution in [0.4, 0.5) is 0 Å². The SMILES string of the molecule is C[C@H](C[NH2+]C[C@@H](C)c1ccccc1)c1ccccc1. The van der Waals surface area contributed by atoms with Crippen molar-refractivity contribution in [3.05, 3.63) is 71.8 Å². The largest absolute Gasteiger partial charge is 0.345 e. The van der Waals surface area contributed by atoms with Gasteiger partial charge in [0, 0.05) is 11.8 Å². The summed E-state index contributed by atoms with van der Waals surface area (Å²) in [6.07, 6.45) is 0. The van der Waals surface area contributed by atoms with E-state index < -0.39 is 0 Å². The molecule has 0 aliphatic carbocycles. The van der Waals surface area contributed by atoms with Crippen molar-refractivity contribution >= 4 is 0 Å². The predicted molar refractivity (Wildman–Crippen MR) is 81.4 cm³/mol. The number of hydrogen-bond acceptors (Lipinski definition) is 0. The Hall–Kier alpha value is -1.60. The first-order valence-electron chi connectivity index (χ1n) is 7.19. The van der Waals surface area contributed by atoms with E-state index in [-0.39, 0.29) is 0 Å². The first kappa shape index (κ1) is 13.8. The van der Waals surface area contributed by atoms with E-state index in [2.05, 4.69) is 79.8 Å². The standard InChI is InChI=1S/C18H23N/c1-15(17-9-5-3-6-10-17)13-19-14-16(2)18-11-7-4-8-12-18/h3-12,15-16,19H,13-14H2,1-2H3/p+1/t15-,16-/m1/s1. The molecule has 0 bridgehead atoms. The van der Waals surface area contributed by atoms with Crippen LogP contribution in [-0.2, 0) is 0 Å². The van der Waals surface area contributed by atoms with E-state index in [0.29, 0.717) is 11.8 Å². The molecule has 0 saturated heterocycles. The van der Waals surface area contributed by atoms with Crippen LogP contribution < -0.4 is 5.32 Å². The highest BCUT2D eigenvalue weighted by molar-refractivity contribution is 5.19. The van der Waals surface area contributed by atoms with Crippen LogP contribution in [0.15, 0.2) is 60.7 Å². The maximum Gasteiger partial charge on any atom is 0.0822 e. The Balaban J connectivity index is 1.78. The third-order valence-electron chi connectivity index (χ3n) is 3.78. The summed E-state index contributed by atoms with van der Waals surface area (Å²) in [5.41, 5.74) is 2.87. The zero-order valence-electron chi connectivity index (χ0n) is 11.9. The molecule has 0 amide bonds. The zero-order chi connectivity index (χ0) is 13.5. The van der Waals surface area contributed by atoms with Gasteiger partial charge in [0.1, 0.15) is 0 Å². The fourth-order valence-corrected chi connectivity index (χ4v) is 2.43. The summed E-state index contributed by atoms with van der Waals surface area (Å²) in [5, 5.41) is 2.44. The Bertz CT molecular complexity index is 418. The van der Waals surface area contributed by atoms with Crippen LogP contribution in [0.2, 0.25) is 0 Å². The quantitative estimate of drug-likeness (QED) is 0.815. The second-order valence-electron chi connectivity index (χ2n) is 5.38. The van der Waals surface area contributed by atoms with E-state index in [1.54, 1.807) is 0 Å². The summed E-state index contributed by atoms with van der Waals surface area (Å²) in [6, 6.07) is 21.5. The second kappa shape index (κ2) is 7.10. The molecular weight excluding hydrogens is 230 g/mol. The lowest BCUT2D eigenvalue weighted by Crippen LogP contribution is -2.86. The fourth-order valence-electron chi connectivity index (χ4n) is 2.43. The maximum atomic E-state index is 2.44. The molecule has 100 valence electrons. The van der Waals surface area contributed by atoms with E-state index in [9.17, 15) is 0 Å². The molecule has 0 saturated carbocycles. The number of nitrogens with two attached hydrogens (primary N) is 1. The molecule has 0 fully saturated rings. The number of quaternary nitrogens is 1. The number of rotatable bonds is 6. The van der Waals surface area contributed by atoms with Gasteiger partial charge in [0.25, 0.3) is 0 Å². The van der Waals surface area contributed by atoms with Crippen molar-refractivity contribution in [2.45, 2.75) is 25.7 Å². The predicted octanol–water partition coefficient (Wildman–Crippen LogP) is 3.16. The van der Waals surface area contributed by atoms with Crippen molar-refractivity contribution in [1.29, 1.82) is 0 Å². The van der Waals surface area contributed by atoms with Gasteiger partial charge in [-0.2, -0.15) is 0 Å². The molecule has 0 radical (unpaired) electrons. The summed E-state index contributed by atoms with van der Waals surface area (Å²) in [7, 11) is 0. The van der Waals surface area contributed by atoms with Gasteiger partial charge in [-0.3, -0.25) is 0 Å². The van der Waals surface area contributed by atoms with Crippen LogP contribution in [-0.4, -0.2) is 13.1 Å². The molecule has 0 aliphatic heterocycles. The van der Waals surface area contributed by atoms with Gasteiger partial charge in [-0.05, 0) is 11.1 Å². The van der Waals surface area contributed by atoms with Gasteiger partial charge in [-0.1, -0.05) is 74.5 Å². The summed E-state index contributed by atoms with van der Waals surface area (Å²) in [6.45, 7) is 6.92. The molecule has 1 heteroatoms. The fraction of sp³-hybridized carbons (Fsp3) is 0.333. The van der Waals surface area contributed by atoms with E-state index >= 15 is 0 Å². The third kappa shape index (κ3) is 4.22. The summed E-state index contributed by atoms with van der Waals surface area (Å²) in [4.78, 5) is 0. The van der Waals surface area contributed by atoms with Gasteiger partial charge in [-0.25, -0.2) is 0 Å². The Kier molecular flexibility index (Phi) is 5.17. The van der Waals surface area contributed by atoms with Gasteiger partial charge in [-0.15, -0.1) is 0 Å². The number of benzene rings is 2. The van der Waals surface area contributed by atoms with E-state index in [1.807, 2.05) is 0 Å². The zero-order valence-corrected chi connectivity index (χ0v) is 11.9. The van der Waals surface area contributed by atoms with Crippen molar-refractivity contribution in [2.24, 2.45) is 0 Å². The Morgan fingerprint density at radius 3 is 1.42 bits per heavy atom. The molecule has 0 aromatic heterocycles. The monoisotopic (exact) mass is 254 g/mol. The minimum absolute atomic E-state index is 0.615. The molecule has 2 N–H and O–H groups in total. The first-order chi connectivity index (χ1) is 9.27. The topological polar surface area (TPSA) is 16.6 Å². The summed E-state index contributed by atoms with van der Waals surface area (Å²) >= 11 is 0. The van der Waals surface area contributed by atoms with Gasteiger partial charge < -0.3 is 5.32 Å². The van der Waals surface area contributed by atoms with Gasteiger partial charge in [0.05, 0.1) is 13.1 Å². The molecular formula is C18H24N+. The Morgan fingerprint density at radius 1 is 0.684 bits per heavy atom. The van der Waals surface area contributed by atoms with Gasteiger partial charge in [0.15, 0.2) is 0 Å². The van der Waals surface area contributed by atoms with E-state index in [4.69, 9.17) is 0 Å². The molecule has 2 aromatic rings.